The van der Waals surface area contributed by atoms with Gasteiger partial charge in [-0.25, -0.2) is 5.14 Å². The first-order valence-corrected chi connectivity index (χ1v) is 7.54. The van der Waals surface area contributed by atoms with Gasteiger partial charge in [0, 0.05) is 32.7 Å². The minimum absolute atomic E-state index is 0.00145. The summed E-state index contributed by atoms with van der Waals surface area (Å²) in [7, 11) is -3.65. The molecule has 18 heavy (non-hydrogen) atoms. The predicted molar refractivity (Wildman–Crippen MR) is 68.6 cm³/mol. The maximum Gasteiger partial charge on any atom is 0.277 e. The van der Waals surface area contributed by atoms with Crippen LogP contribution in [0.5, 0.6) is 0 Å². The summed E-state index contributed by atoms with van der Waals surface area (Å²) >= 11 is 0. The third kappa shape index (κ3) is 3.64. The number of amides is 1. The molecule has 1 atom stereocenters. The van der Waals surface area contributed by atoms with E-state index in [9.17, 15) is 13.2 Å². The molecule has 8 heteroatoms. The molecule has 1 saturated heterocycles. The highest BCUT2D eigenvalue weighted by Crippen LogP contribution is 2.15. The van der Waals surface area contributed by atoms with Crippen LogP contribution in [0.2, 0.25) is 0 Å². The summed E-state index contributed by atoms with van der Waals surface area (Å²) in [4.78, 5) is 13.8. The van der Waals surface area contributed by atoms with Gasteiger partial charge in [-0.2, -0.15) is 12.7 Å². The first kappa shape index (κ1) is 15.4. The van der Waals surface area contributed by atoms with Crippen LogP contribution >= 0.6 is 0 Å². The zero-order valence-corrected chi connectivity index (χ0v) is 11.7. The van der Waals surface area contributed by atoms with Gasteiger partial charge in [0.15, 0.2) is 0 Å². The number of rotatable bonds is 4. The van der Waals surface area contributed by atoms with E-state index in [-0.39, 0.29) is 30.8 Å². The van der Waals surface area contributed by atoms with Crippen LogP contribution in [-0.4, -0.2) is 56.3 Å². The molecular formula is C10H22N4O3S. The van der Waals surface area contributed by atoms with Gasteiger partial charge < -0.3 is 10.6 Å². The van der Waals surface area contributed by atoms with Crippen LogP contribution in [0.25, 0.3) is 0 Å². The van der Waals surface area contributed by atoms with Crippen molar-refractivity contribution in [2.45, 2.75) is 13.8 Å². The molecule has 0 bridgehead atoms. The fourth-order valence-electron chi connectivity index (χ4n) is 2.06. The van der Waals surface area contributed by atoms with Crippen molar-refractivity contribution < 1.29 is 13.2 Å². The molecule has 7 nitrogen and oxygen atoms in total. The Balaban J connectivity index is 2.60. The highest BCUT2D eigenvalue weighted by Gasteiger charge is 2.30. The number of piperazine rings is 1. The lowest BCUT2D eigenvalue weighted by molar-refractivity contribution is -0.137. The van der Waals surface area contributed by atoms with Gasteiger partial charge in [-0.3, -0.25) is 4.79 Å². The molecule has 0 radical (unpaired) electrons. The monoisotopic (exact) mass is 278 g/mol. The molecule has 0 aliphatic carbocycles. The van der Waals surface area contributed by atoms with Crippen LogP contribution < -0.4 is 10.9 Å². The van der Waals surface area contributed by atoms with E-state index >= 15 is 0 Å². The van der Waals surface area contributed by atoms with Crippen molar-refractivity contribution in [2.24, 2.45) is 22.7 Å². The summed E-state index contributed by atoms with van der Waals surface area (Å²) < 4.78 is 23.5. The summed E-state index contributed by atoms with van der Waals surface area (Å²) in [6.45, 7) is 5.47. The molecule has 1 rings (SSSR count). The molecule has 0 saturated carbocycles. The summed E-state index contributed by atoms with van der Waals surface area (Å²) in [6.07, 6.45) is 0. The Morgan fingerprint density at radius 1 is 1.22 bits per heavy atom. The average Bonchev–Trinajstić information content (AvgIpc) is 2.28. The smallest absolute Gasteiger partial charge is 0.277 e. The van der Waals surface area contributed by atoms with Crippen molar-refractivity contribution in [1.29, 1.82) is 0 Å². The lowest BCUT2D eigenvalue weighted by atomic mass is 9.94. The minimum Gasteiger partial charge on any atom is -0.340 e. The molecule has 106 valence electrons. The maximum absolute atomic E-state index is 12.2. The molecule has 0 aromatic heterocycles. The molecule has 1 fully saturated rings. The Morgan fingerprint density at radius 3 is 2.06 bits per heavy atom. The van der Waals surface area contributed by atoms with Crippen molar-refractivity contribution in [3.8, 4) is 0 Å². The van der Waals surface area contributed by atoms with Crippen LogP contribution in [0.1, 0.15) is 13.8 Å². The molecule has 1 amide bonds. The Morgan fingerprint density at radius 2 is 1.72 bits per heavy atom. The molecule has 1 unspecified atom stereocenters. The Kier molecular flexibility index (Phi) is 5.09. The van der Waals surface area contributed by atoms with E-state index in [2.05, 4.69) is 0 Å². The van der Waals surface area contributed by atoms with E-state index in [1.165, 1.54) is 4.31 Å². The largest absolute Gasteiger partial charge is 0.340 e. The van der Waals surface area contributed by atoms with Crippen molar-refractivity contribution in [3.63, 3.8) is 0 Å². The van der Waals surface area contributed by atoms with Gasteiger partial charge in [0.2, 0.25) is 5.91 Å². The zero-order valence-electron chi connectivity index (χ0n) is 10.9. The second kappa shape index (κ2) is 5.96. The van der Waals surface area contributed by atoms with E-state index in [1.807, 2.05) is 13.8 Å². The lowest BCUT2D eigenvalue weighted by Crippen LogP contribution is -2.54. The maximum atomic E-state index is 12.2. The second-order valence-corrected chi connectivity index (χ2v) is 6.40. The van der Waals surface area contributed by atoms with Gasteiger partial charge in [-0.1, -0.05) is 13.8 Å². The number of nitrogens with two attached hydrogens (primary N) is 2. The molecule has 0 aromatic rings. The SMILES string of the molecule is CC(C)C(CN)C(=O)N1CCN(S(N)(=O)=O)CC1. The van der Waals surface area contributed by atoms with E-state index in [0.29, 0.717) is 19.6 Å². The van der Waals surface area contributed by atoms with Gasteiger partial charge in [-0.15, -0.1) is 0 Å². The van der Waals surface area contributed by atoms with Crippen molar-refractivity contribution >= 4 is 16.1 Å². The van der Waals surface area contributed by atoms with Crippen LogP contribution in [0.3, 0.4) is 0 Å². The number of carbonyl (C=O) groups excluding carboxylic acids is 1. The second-order valence-electron chi connectivity index (χ2n) is 4.86. The Labute approximate surface area is 108 Å². The van der Waals surface area contributed by atoms with E-state index in [1.54, 1.807) is 4.90 Å². The summed E-state index contributed by atoms with van der Waals surface area (Å²) in [5.74, 6) is -0.0219. The summed E-state index contributed by atoms with van der Waals surface area (Å²) in [6, 6.07) is 0. The predicted octanol–water partition coefficient (Wildman–Crippen LogP) is -1.43. The number of carbonyl (C=O) groups is 1. The average molecular weight is 278 g/mol. The van der Waals surface area contributed by atoms with Crippen LogP contribution in [-0.2, 0) is 15.0 Å². The number of hydrogen-bond donors (Lipinski definition) is 2. The summed E-state index contributed by atoms with van der Waals surface area (Å²) in [5.41, 5.74) is 5.60. The van der Waals surface area contributed by atoms with Gasteiger partial charge in [-0.05, 0) is 5.92 Å². The lowest BCUT2D eigenvalue weighted by Gasteiger charge is -2.35. The first-order valence-electron chi connectivity index (χ1n) is 6.04. The normalized spacial score (nSPS) is 20.2. The Hall–Kier alpha value is -0.700. The van der Waals surface area contributed by atoms with Crippen molar-refractivity contribution in [2.75, 3.05) is 32.7 Å². The molecule has 1 heterocycles. The third-order valence-electron chi connectivity index (χ3n) is 3.29. The molecule has 0 aromatic carbocycles. The topological polar surface area (TPSA) is 110 Å². The standard InChI is InChI=1S/C10H22N4O3S/c1-8(2)9(7-11)10(15)13-3-5-14(6-4-13)18(12,16)17/h8-9H,3-7,11H2,1-2H3,(H2,12,16,17). The molecule has 0 spiro atoms. The van der Waals surface area contributed by atoms with E-state index in [4.69, 9.17) is 10.9 Å². The fourth-order valence-corrected chi connectivity index (χ4v) is 2.73. The highest BCUT2D eigenvalue weighted by atomic mass is 32.2. The quantitative estimate of drug-likeness (QED) is 0.656. The number of hydrogen-bond acceptors (Lipinski definition) is 4. The van der Waals surface area contributed by atoms with E-state index < -0.39 is 10.2 Å². The van der Waals surface area contributed by atoms with Gasteiger partial charge in [0.05, 0.1) is 5.92 Å². The van der Waals surface area contributed by atoms with Gasteiger partial charge in [0.1, 0.15) is 0 Å². The number of nitrogens with zero attached hydrogens (tertiary/aromatic N) is 2. The van der Waals surface area contributed by atoms with E-state index in [0.717, 1.165) is 0 Å². The van der Waals surface area contributed by atoms with Crippen LogP contribution in [0.15, 0.2) is 0 Å². The molecule has 1 aliphatic heterocycles. The zero-order chi connectivity index (χ0) is 13.9. The molecular weight excluding hydrogens is 256 g/mol. The van der Waals surface area contributed by atoms with Crippen LogP contribution in [0, 0.1) is 11.8 Å². The van der Waals surface area contributed by atoms with Crippen molar-refractivity contribution in [3.05, 3.63) is 0 Å². The van der Waals surface area contributed by atoms with Crippen molar-refractivity contribution in [1.82, 2.24) is 9.21 Å². The molecule has 4 N–H and O–H groups in total. The van der Waals surface area contributed by atoms with Gasteiger partial charge >= 0.3 is 0 Å². The minimum atomic E-state index is -3.65. The van der Waals surface area contributed by atoms with Gasteiger partial charge in [0.25, 0.3) is 10.2 Å². The van der Waals surface area contributed by atoms with Crippen LogP contribution in [0.4, 0.5) is 0 Å². The highest BCUT2D eigenvalue weighted by molar-refractivity contribution is 7.86. The fraction of sp³-hybridized carbons (Fsp3) is 0.900. The third-order valence-corrected chi connectivity index (χ3v) is 4.37. The molecule has 1 aliphatic rings. The Bertz CT molecular complexity index is 388. The first-order chi connectivity index (χ1) is 8.27. The summed E-state index contributed by atoms with van der Waals surface area (Å²) in [5, 5.41) is 5.04.